The number of hydrogen-bond acceptors (Lipinski definition) is 4. The number of methoxy groups -OCH3 is 2. The first-order valence-corrected chi connectivity index (χ1v) is 8.87. The normalized spacial score (nSPS) is 20.0. The summed E-state index contributed by atoms with van der Waals surface area (Å²) in [6.45, 7) is 2.01. The molecule has 2 aliphatic rings. The van der Waals surface area contributed by atoms with Crippen LogP contribution in [0.4, 0.5) is 5.69 Å². The van der Waals surface area contributed by atoms with Crippen LogP contribution in [0.3, 0.4) is 0 Å². The average molecular weight is 333 g/mol. The van der Waals surface area contributed by atoms with Crippen molar-refractivity contribution in [2.75, 3.05) is 32.2 Å². The first-order valence-electron chi connectivity index (χ1n) is 8.87. The summed E-state index contributed by atoms with van der Waals surface area (Å²) >= 11 is 0. The van der Waals surface area contributed by atoms with E-state index in [1.54, 1.807) is 14.2 Å². The summed E-state index contributed by atoms with van der Waals surface area (Å²) in [6.07, 6.45) is 6.79. The van der Waals surface area contributed by atoms with Crippen molar-refractivity contribution in [1.82, 2.24) is 0 Å². The highest BCUT2D eigenvalue weighted by molar-refractivity contribution is 5.84. The summed E-state index contributed by atoms with van der Waals surface area (Å²) in [7, 11) is 3.27. The highest BCUT2D eigenvalue weighted by atomic mass is 16.5. The van der Waals surface area contributed by atoms with Crippen LogP contribution < -0.4 is 14.4 Å². The minimum absolute atomic E-state index is 0.658. The molecule has 0 aromatic heterocycles. The molecule has 1 saturated heterocycles. The quantitative estimate of drug-likeness (QED) is 0.892. The summed E-state index contributed by atoms with van der Waals surface area (Å²) in [6, 6.07) is 3.88. The summed E-state index contributed by atoms with van der Waals surface area (Å²) in [5.41, 5.74) is 0.919. The van der Waals surface area contributed by atoms with E-state index in [4.69, 9.17) is 9.47 Å². The molecule has 2 fully saturated rings. The zero-order chi connectivity index (χ0) is 17.2. The number of ether oxygens (including phenoxy) is 2. The molecule has 0 atom stereocenters. The number of hydrogen-bond donors (Lipinski definition) is 1. The third-order valence-electron chi connectivity index (χ3n) is 5.58. The molecule has 3 rings (SSSR count). The maximum atomic E-state index is 12.1. The van der Waals surface area contributed by atoms with Crippen molar-refractivity contribution in [3.05, 3.63) is 17.7 Å². The summed E-state index contributed by atoms with van der Waals surface area (Å²) in [4.78, 5) is 14.4. The summed E-state index contributed by atoms with van der Waals surface area (Å²) in [5.74, 6) is 0.659. The molecule has 1 aliphatic carbocycles. The summed E-state index contributed by atoms with van der Waals surface area (Å²) in [5, 5.41) is 9.91. The standard InChI is InChI=1S/C19H27NO4/c1-23-16-13-15(20-10-6-3-7-11-20)17(24-2)12-14(16)19(18(21)22)8-4-5-9-19/h12-13H,3-11H2,1-2H3,(H,21,22). The number of nitrogens with zero attached hydrogens (tertiary/aromatic N) is 1. The number of carboxylic acid groups (broad SMARTS) is 1. The molecule has 0 bridgehead atoms. The Hall–Kier alpha value is -1.91. The van der Waals surface area contributed by atoms with E-state index >= 15 is 0 Å². The Morgan fingerprint density at radius 3 is 2.17 bits per heavy atom. The van der Waals surface area contributed by atoms with Crippen molar-refractivity contribution in [3.8, 4) is 11.5 Å². The van der Waals surface area contributed by atoms with Gasteiger partial charge in [-0.3, -0.25) is 4.79 Å². The Kier molecular flexibility index (Phi) is 4.88. The predicted molar refractivity (Wildman–Crippen MR) is 93.4 cm³/mol. The Morgan fingerprint density at radius 2 is 1.62 bits per heavy atom. The van der Waals surface area contributed by atoms with Gasteiger partial charge in [0.15, 0.2) is 0 Å². The van der Waals surface area contributed by atoms with Gasteiger partial charge in [0, 0.05) is 24.7 Å². The molecule has 1 heterocycles. The van der Waals surface area contributed by atoms with Gasteiger partial charge in [-0.05, 0) is 38.2 Å². The van der Waals surface area contributed by atoms with E-state index in [0.717, 1.165) is 42.9 Å². The van der Waals surface area contributed by atoms with Gasteiger partial charge in [-0.15, -0.1) is 0 Å². The van der Waals surface area contributed by atoms with Gasteiger partial charge < -0.3 is 19.5 Å². The van der Waals surface area contributed by atoms with Gasteiger partial charge >= 0.3 is 5.97 Å². The molecule has 0 unspecified atom stereocenters. The molecular weight excluding hydrogens is 306 g/mol. The van der Waals surface area contributed by atoms with E-state index in [0.29, 0.717) is 18.6 Å². The monoisotopic (exact) mass is 333 g/mol. The average Bonchev–Trinajstić information content (AvgIpc) is 3.12. The molecule has 24 heavy (non-hydrogen) atoms. The lowest BCUT2D eigenvalue weighted by Gasteiger charge is -2.32. The molecule has 0 spiro atoms. The predicted octanol–water partition coefficient (Wildman–Crippen LogP) is 3.59. The highest BCUT2D eigenvalue weighted by Gasteiger charge is 2.45. The molecule has 132 valence electrons. The van der Waals surface area contributed by atoms with Gasteiger partial charge in [-0.2, -0.15) is 0 Å². The third kappa shape index (κ3) is 2.80. The van der Waals surface area contributed by atoms with E-state index < -0.39 is 11.4 Å². The van der Waals surface area contributed by atoms with Gasteiger partial charge in [0.1, 0.15) is 11.5 Å². The van der Waals surface area contributed by atoms with Gasteiger partial charge in [-0.1, -0.05) is 12.8 Å². The second-order valence-corrected chi connectivity index (χ2v) is 6.87. The fourth-order valence-corrected chi connectivity index (χ4v) is 4.21. The van der Waals surface area contributed by atoms with Gasteiger partial charge in [0.05, 0.1) is 25.3 Å². The van der Waals surface area contributed by atoms with Crippen LogP contribution in [0.2, 0.25) is 0 Å². The zero-order valence-corrected chi connectivity index (χ0v) is 14.6. The minimum atomic E-state index is -0.848. The van der Waals surface area contributed by atoms with Gasteiger partial charge in [0.25, 0.3) is 0 Å². The first-order chi connectivity index (χ1) is 11.6. The molecule has 1 saturated carbocycles. The number of aliphatic carboxylic acids is 1. The highest BCUT2D eigenvalue weighted by Crippen LogP contribution is 2.48. The van der Waals surface area contributed by atoms with Crippen LogP contribution in [-0.2, 0) is 10.2 Å². The van der Waals surface area contributed by atoms with Crippen molar-refractivity contribution >= 4 is 11.7 Å². The van der Waals surface area contributed by atoms with Gasteiger partial charge in [-0.25, -0.2) is 0 Å². The van der Waals surface area contributed by atoms with Crippen molar-refractivity contribution in [2.45, 2.75) is 50.4 Å². The van der Waals surface area contributed by atoms with Crippen molar-refractivity contribution in [2.24, 2.45) is 0 Å². The second-order valence-electron chi connectivity index (χ2n) is 6.87. The Morgan fingerprint density at radius 1 is 1.00 bits per heavy atom. The number of rotatable bonds is 5. The van der Waals surface area contributed by atoms with Crippen LogP contribution in [0.1, 0.15) is 50.5 Å². The largest absolute Gasteiger partial charge is 0.496 e. The molecule has 1 aromatic rings. The lowest BCUT2D eigenvalue weighted by molar-refractivity contribution is -0.143. The number of benzene rings is 1. The van der Waals surface area contributed by atoms with Crippen molar-refractivity contribution in [1.29, 1.82) is 0 Å². The lowest BCUT2D eigenvalue weighted by Crippen LogP contribution is -2.34. The van der Waals surface area contributed by atoms with E-state index in [9.17, 15) is 9.90 Å². The van der Waals surface area contributed by atoms with Crippen LogP contribution in [0.25, 0.3) is 0 Å². The van der Waals surface area contributed by atoms with Crippen LogP contribution in [0.15, 0.2) is 12.1 Å². The van der Waals surface area contributed by atoms with Gasteiger partial charge in [0.2, 0.25) is 0 Å². The van der Waals surface area contributed by atoms with Crippen molar-refractivity contribution in [3.63, 3.8) is 0 Å². The zero-order valence-electron chi connectivity index (χ0n) is 14.6. The molecule has 1 N–H and O–H groups in total. The molecule has 1 aromatic carbocycles. The van der Waals surface area contributed by atoms with E-state index in [-0.39, 0.29) is 0 Å². The number of carbonyl (C=O) groups is 1. The Bertz CT molecular complexity index is 602. The smallest absolute Gasteiger partial charge is 0.314 e. The molecular formula is C19H27NO4. The minimum Gasteiger partial charge on any atom is -0.496 e. The molecule has 0 amide bonds. The molecule has 5 heteroatoms. The third-order valence-corrected chi connectivity index (χ3v) is 5.58. The summed E-state index contributed by atoms with van der Waals surface area (Å²) < 4.78 is 11.3. The SMILES string of the molecule is COc1cc(C2(C(=O)O)CCCC2)c(OC)cc1N1CCCCC1. The lowest BCUT2D eigenvalue weighted by atomic mass is 9.78. The number of piperidine rings is 1. The fourth-order valence-electron chi connectivity index (χ4n) is 4.21. The number of anilines is 1. The van der Waals surface area contributed by atoms with Crippen LogP contribution >= 0.6 is 0 Å². The van der Waals surface area contributed by atoms with Crippen LogP contribution in [0.5, 0.6) is 11.5 Å². The van der Waals surface area contributed by atoms with Crippen LogP contribution in [0, 0.1) is 0 Å². The Labute approximate surface area is 143 Å². The number of carboxylic acids is 1. The molecule has 1 aliphatic heterocycles. The fraction of sp³-hybridized carbons (Fsp3) is 0.632. The van der Waals surface area contributed by atoms with E-state index in [1.807, 2.05) is 12.1 Å². The second kappa shape index (κ2) is 6.91. The van der Waals surface area contributed by atoms with Crippen molar-refractivity contribution < 1.29 is 19.4 Å². The first kappa shape index (κ1) is 16.9. The van der Waals surface area contributed by atoms with E-state index in [1.165, 1.54) is 19.3 Å². The molecule has 0 radical (unpaired) electrons. The maximum absolute atomic E-state index is 12.1. The Balaban J connectivity index is 2.08. The van der Waals surface area contributed by atoms with Crippen LogP contribution in [-0.4, -0.2) is 38.4 Å². The molecule has 5 nitrogen and oxygen atoms in total. The topological polar surface area (TPSA) is 59.0 Å². The van der Waals surface area contributed by atoms with E-state index in [2.05, 4.69) is 4.90 Å². The maximum Gasteiger partial charge on any atom is 0.314 e.